The Labute approximate surface area is 124 Å². The molecule has 2 aromatic heterocycles. The highest BCUT2D eigenvalue weighted by molar-refractivity contribution is 5.97. The minimum atomic E-state index is 0.0940. The molecule has 0 saturated carbocycles. The zero-order chi connectivity index (χ0) is 15.0. The van der Waals surface area contributed by atoms with Crippen molar-refractivity contribution in [2.75, 3.05) is 6.54 Å². The Morgan fingerprint density at radius 3 is 2.81 bits per heavy atom. The molecule has 112 valence electrons. The molecular formula is C16H21N3O2. The van der Waals surface area contributed by atoms with Gasteiger partial charge < -0.3 is 9.32 Å². The van der Waals surface area contributed by atoms with Crippen LogP contribution in [0.25, 0.3) is 0 Å². The Morgan fingerprint density at radius 1 is 1.38 bits per heavy atom. The summed E-state index contributed by atoms with van der Waals surface area (Å²) >= 11 is 0. The zero-order valence-corrected chi connectivity index (χ0v) is 12.8. The third kappa shape index (κ3) is 2.48. The number of aromatic nitrogens is 2. The first-order valence-corrected chi connectivity index (χ1v) is 7.43. The highest BCUT2D eigenvalue weighted by Crippen LogP contribution is 2.27. The van der Waals surface area contributed by atoms with Crippen LogP contribution in [0.15, 0.2) is 22.9 Å². The predicted molar refractivity (Wildman–Crippen MR) is 79.2 cm³/mol. The molecule has 1 fully saturated rings. The van der Waals surface area contributed by atoms with Crippen molar-refractivity contribution >= 4 is 5.91 Å². The molecule has 1 aliphatic heterocycles. The summed E-state index contributed by atoms with van der Waals surface area (Å²) in [4.78, 5) is 14.9. The molecule has 1 aliphatic rings. The second kappa shape index (κ2) is 5.39. The molecule has 1 amide bonds. The van der Waals surface area contributed by atoms with Crippen LogP contribution in [0.5, 0.6) is 0 Å². The number of hydrogen-bond acceptors (Lipinski definition) is 3. The molecule has 0 spiro atoms. The third-order valence-corrected chi connectivity index (χ3v) is 4.37. The van der Waals surface area contributed by atoms with Crippen molar-refractivity contribution in [2.24, 2.45) is 0 Å². The summed E-state index contributed by atoms with van der Waals surface area (Å²) in [6.45, 7) is 7.30. The van der Waals surface area contributed by atoms with E-state index < -0.39 is 0 Å². The molecule has 0 radical (unpaired) electrons. The van der Waals surface area contributed by atoms with Crippen LogP contribution in [0, 0.1) is 20.8 Å². The SMILES string of the molecule is Cc1oc(C)c(C(=O)N2CCCC2Cn2cccn2)c1C. The Bertz CT molecular complexity index is 643. The third-order valence-electron chi connectivity index (χ3n) is 4.37. The van der Waals surface area contributed by atoms with Crippen LogP contribution in [0.3, 0.4) is 0 Å². The first-order valence-electron chi connectivity index (χ1n) is 7.43. The second-order valence-corrected chi connectivity index (χ2v) is 5.74. The summed E-state index contributed by atoms with van der Waals surface area (Å²) in [7, 11) is 0. The lowest BCUT2D eigenvalue weighted by molar-refractivity contribution is 0.0719. The van der Waals surface area contributed by atoms with Crippen molar-refractivity contribution < 1.29 is 9.21 Å². The predicted octanol–water partition coefficient (Wildman–Crippen LogP) is 2.71. The van der Waals surface area contributed by atoms with Crippen molar-refractivity contribution in [3.8, 4) is 0 Å². The maximum atomic E-state index is 12.9. The molecule has 0 bridgehead atoms. The van der Waals surface area contributed by atoms with E-state index in [4.69, 9.17) is 4.42 Å². The van der Waals surface area contributed by atoms with Gasteiger partial charge in [-0.3, -0.25) is 9.48 Å². The Kier molecular flexibility index (Phi) is 3.57. The summed E-state index contributed by atoms with van der Waals surface area (Å²) in [5, 5.41) is 4.25. The normalized spacial score (nSPS) is 18.4. The lowest BCUT2D eigenvalue weighted by Gasteiger charge is -2.25. The van der Waals surface area contributed by atoms with E-state index in [0.717, 1.165) is 48.6 Å². The largest absolute Gasteiger partial charge is 0.466 e. The maximum Gasteiger partial charge on any atom is 0.257 e. The minimum Gasteiger partial charge on any atom is -0.466 e. The molecule has 1 saturated heterocycles. The van der Waals surface area contributed by atoms with Gasteiger partial charge in [-0.1, -0.05) is 0 Å². The Hall–Kier alpha value is -2.04. The van der Waals surface area contributed by atoms with Crippen LogP contribution in [-0.4, -0.2) is 33.2 Å². The number of carbonyl (C=O) groups is 1. The van der Waals surface area contributed by atoms with Gasteiger partial charge in [0.2, 0.25) is 0 Å². The number of aryl methyl sites for hydroxylation is 2. The molecule has 5 heteroatoms. The Balaban J connectivity index is 1.83. The number of amides is 1. The topological polar surface area (TPSA) is 51.3 Å². The van der Waals surface area contributed by atoms with E-state index in [1.54, 1.807) is 6.20 Å². The van der Waals surface area contributed by atoms with Crippen LogP contribution >= 0.6 is 0 Å². The molecule has 3 heterocycles. The fourth-order valence-electron chi connectivity index (χ4n) is 3.17. The standard InChI is InChI=1S/C16H21N3O2/c1-11-12(2)21-13(3)15(11)16(20)19-9-4-6-14(19)10-18-8-5-7-17-18/h5,7-8,14H,4,6,9-10H2,1-3H3. The van der Waals surface area contributed by atoms with E-state index in [2.05, 4.69) is 5.10 Å². The first-order chi connectivity index (χ1) is 10.1. The summed E-state index contributed by atoms with van der Waals surface area (Å²) in [5.74, 6) is 1.65. The average molecular weight is 287 g/mol. The van der Waals surface area contributed by atoms with Crippen molar-refractivity contribution in [3.05, 3.63) is 41.1 Å². The smallest absolute Gasteiger partial charge is 0.257 e. The minimum absolute atomic E-state index is 0.0940. The fraction of sp³-hybridized carbons (Fsp3) is 0.500. The number of nitrogens with zero attached hydrogens (tertiary/aromatic N) is 3. The summed E-state index contributed by atoms with van der Waals surface area (Å²) in [5.41, 5.74) is 1.70. The molecule has 1 atom stereocenters. The van der Waals surface area contributed by atoms with Crippen LogP contribution in [0.1, 0.15) is 40.3 Å². The molecule has 0 aliphatic carbocycles. The molecule has 0 N–H and O–H groups in total. The molecule has 21 heavy (non-hydrogen) atoms. The summed E-state index contributed by atoms with van der Waals surface area (Å²) < 4.78 is 7.50. The molecule has 3 rings (SSSR count). The summed E-state index contributed by atoms with van der Waals surface area (Å²) in [6, 6.07) is 2.13. The monoisotopic (exact) mass is 287 g/mol. The molecule has 5 nitrogen and oxygen atoms in total. The van der Waals surface area contributed by atoms with Crippen molar-refractivity contribution in [1.82, 2.24) is 14.7 Å². The Morgan fingerprint density at radius 2 is 2.19 bits per heavy atom. The van der Waals surface area contributed by atoms with Crippen molar-refractivity contribution in [2.45, 2.75) is 46.2 Å². The van der Waals surface area contributed by atoms with Crippen LogP contribution in [0.2, 0.25) is 0 Å². The molecule has 1 unspecified atom stereocenters. The number of likely N-dealkylation sites (tertiary alicyclic amines) is 1. The number of rotatable bonds is 3. The quantitative estimate of drug-likeness (QED) is 0.872. The number of hydrogen-bond donors (Lipinski definition) is 0. The highest BCUT2D eigenvalue weighted by atomic mass is 16.3. The van der Waals surface area contributed by atoms with Gasteiger partial charge in [-0.15, -0.1) is 0 Å². The molecule has 2 aromatic rings. The van der Waals surface area contributed by atoms with E-state index in [1.807, 2.05) is 42.6 Å². The van der Waals surface area contributed by atoms with Gasteiger partial charge in [-0.05, 0) is 39.7 Å². The zero-order valence-electron chi connectivity index (χ0n) is 12.8. The maximum absolute atomic E-state index is 12.9. The van der Waals surface area contributed by atoms with E-state index >= 15 is 0 Å². The lowest BCUT2D eigenvalue weighted by Crippen LogP contribution is -2.38. The van der Waals surface area contributed by atoms with Crippen LogP contribution < -0.4 is 0 Å². The average Bonchev–Trinajstić information content (AvgIpc) is 3.14. The van der Waals surface area contributed by atoms with Crippen molar-refractivity contribution in [3.63, 3.8) is 0 Å². The van der Waals surface area contributed by atoms with Gasteiger partial charge in [0.25, 0.3) is 5.91 Å². The van der Waals surface area contributed by atoms with Gasteiger partial charge in [0, 0.05) is 24.5 Å². The van der Waals surface area contributed by atoms with E-state index in [1.165, 1.54) is 0 Å². The molecular weight excluding hydrogens is 266 g/mol. The summed E-state index contributed by atoms with van der Waals surface area (Å²) in [6.07, 6.45) is 5.79. The van der Waals surface area contributed by atoms with E-state index in [0.29, 0.717) is 0 Å². The van der Waals surface area contributed by atoms with Crippen LogP contribution in [0.4, 0.5) is 0 Å². The second-order valence-electron chi connectivity index (χ2n) is 5.74. The lowest BCUT2D eigenvalue weighted by atomic mass is 10.1. The van der Waals surface area contributed by atoms with Gasteiger partial charge in [-0.2, -0.15) is 5.10 Å². The van der Waals surface area contributed by atoms with Gasteiger partial charge in [-0.25, -0.2) is 0 Å². The number of furan rings is 1. The van der Waals surface area contributed by atoms with Gasteiger partial charge in [0.05, 0.1) is 18.2 Å². The van der Waals surface area contributed by atoms with Crippen LogP contribution in [-0.2, 0) is 6.54 Å². The van der Waals surface area contributed by atoms with E-state index in [9.17, 15) is 4.79 Å². The first kappa shape index (κ1) is 13.9. The van der Waals surface area contributed by atoms with E-state index in [-0.39, 0.29) is 11.9 Å². The molecule has 0 aromatic carbocycles. The van der Waals surface area contributed by atoms with Gasteiger partial charge >= 0.3 is 0 Å². The van der Waals surface area contributed by atoms with Gasteiger partial charge in [0.1, 0.15) is 11.5 Å². The van der Waals surface area contributed by atoms with Gasteiger partial charge in [0.15, 0.2) is 0 Å². The number of carbonyl (C=O) groups excluding carboxylic acids is 1. The van der Waals surface area contributed by atoms with Crippen molar-refractivity contribution in [1.29, 1.82) is 0 Å². The fourth-order valence-corrected chi connectivity index (χ4v) is 3.17. The highest BCUT2D eigenvalue weighted by Gasteiger charge is 2.32.